The normalized spacial score (nSPS) is 16.2. The first-order valence-corrected chi connectivity index (χ1v) is 15.4. The summed E-state index contributed by atoms with van der Waals surface area (Å²) in [5, 5.41) is 9.97. The Labute approximate surface area is 218 Å². The highest BCUT2D eigenvalue weighted by molar-refractivity contribution is 4.54. The SMILES string of the molecule is CCCCCCCCCCCCCCCCCCOCC(O)COCCOCC[N+]1(C)CCCC1. The van der Waals surface area contributed by atoms with Gasteiger partial charge in [0.2, 0.25) is 0 Å². The Morgan fingerprint density at radius 1 is 0.571 bits per heavy atom. The van der Waals surface area contributed by atoms with E-state index in [1.54, 1.807) is 0 Å². The molecule has 1 fully saturated rings. The Morgan fingerprint density at radius 2 is 1.00 bits per heavy atom. The number of nitrogens with zero attached hydrogens (tertiary/aromatic N) is 1. The molecule has 1 atom stereocenters. The van der Waals surface area contributed by atoms with Crippen molar-refractivity contribution >= 4 is 0 Å². The second-order valence-corrected chi connectivity index (χ2v) is 11.2. The number of aliphatic hydroxyl groups excluding tert-OH is 1. The Bertz CT molecular complexity index is 429. The lowest BCUT2D eigenvalue weighted by molar-refractivity contribution is -0.898. The quantitative estimate of drug-likeness (QED) is 0.0984. The minimum atomic E-state index is -0.537. The van der Waals surface area contributed by atoms with Crippen LogP contribution in [0.2, 0.25) is 0 Å². The molecule has 35 heavy (non-hydrogen) atoms. The van der Waals surface area contributed by atoms with Crippen molar-refractivity contribution in [3.8, 4) is 0 Å². The fourth-order valence-corrected chi connectivity index (χ4v) is 5.07. The zero-order valence-electron chi connectivity index (χ0n) is 23.8. The van der Waals surface area contributed by atoms with Crippen molar-refractivity contribution in [2.24, 2.45) is 0 Å². The van der Waals surface area contributed by atoms with Gasteiger partial charge in [-0.25, -0.2) is 0 Å². The van der Waals surface area contributed by atoms with Gasteiger partial charge >= 0.3 is 0 Å². The first-order valence-electron chi connectivity index (χ1n) is 15.4. The summed E-state index contributed by atoms with van der Waals surface area (Å²) in [6.07, 6.45) is 24.2. The van der Waals surface area contributed by atoms with E-state index in [0.717, 1.165) is 30.7 Å². The zero-order valence-corrected chi connectivity index (χ0v) is 23.8. The van der Waals surface area contributed by atoms with Crippen molar-refractivity contribution in [1.29, 1.82) is 0 Å². The fraction of sp³-hybridized carbons (Fsp3) is 1.00. The minimum absolute atomic E-state index is 0.329. The Kier molecular flexibility index (Phi) is 22.7. The molecule has 5 nitrogen and oxygen atoms in total. The van der Waals surface area contributed by atoms with E-state index in [1.165, 1.54) is 122 Å². The van der Waals surface area contributed by atoms with E-state index in [1.807, 2.05) is 0 Å². The van der Waals surface area contributed by atoms with Crippen molar-refractivity contribution < 1.29 is 23.8 Å². The van der Waals surface area contributed by atoms with Crippen LogP contribution in [0.5, 0.6) is 0 Å². The third kappa shape index (κ3) is 21.6. The van der Waals surface area contributed by atoms with Crippen LogP contribution in [0.1, 0.15) is 122 Å². The van der Waals surface area contributed by atoms with Crippen LogP contribution in [0, 0.1) is 0 Å². The second kappa shape index (κ2) is 24.2. The lowest BCUT2D eigenvalue weighted by atomic mass is 10.0. The second-order valence-electron chi connectivity index (χ2n) is 11.2. The van der Waals surface area contributed by atoms with Crippen LogP contribution >= 0.6 is 0 Å². The van der Waals surface area contributed by atoms with E-state index < -0.39 is 6.10 Å². The van der Waals surface area contributed by atoms with E-state index in [2.05, 4.69) is 14.0 Å². The van der Waals surface area contributed by atoms with E-state index >= 15 is 0 Å². The summed E-state index contributed by atoms with van der Waals surface area (Å²) < 4.78 is 18.0. The van der Waals surface area contributed by atoms with Crippen molar-refractivity contribution in [3.05, 3.63) is 0 Å². The number of hydrogen-bond donors (Lipinski definition) is 1. The highest BCUT2D eigenvalue weighted by Crippen LogP contribution is 2.15. The largest absolute Gasteiger partial charge is 0.388 e. The number of unbranched alkanes of at least 4 members (excludes halogenated alkanes) is 15. The highest BCUT2D eigenvalue weighted by atomic mass is 16.5. The molecule has 0 aromatic carbocycles. The first-order chi connectivity index (χ1) is 17.2. The van der Waals surface area contributed by atoms with Crippen LogP contribution in [0.15, 0.2) is 0 Å². The molecule has 1 aliphatic rings. The maximum Gasteiger partial charge on any atom is 0.102 e. The average Bonchev–Trinajstić information content (AvgIpc) is 3.29. The summed E-state index contributed by atoms with van der Waals surface area (Å²) in [5.74, 6) is 0. The number of ether oxygens (including phenoxy) is 3. The van der Waals surface area contributed by atoms with Gasteiger partial charge in [0, 0.05) is 19.4 Å². The molecule has 0 spiro atoms. The average molecular weight is 501 g/mol. The maximum absolute atomic E-state index is 9.97. The summed E-state index contributed by atoms with van der Waals surface area (Å²) in [4.78, 5) is 0. The van der Waals surface area contributed by atoms with E-state index in [-0.39, 0.29) is 0 Å². The molecule has 1 heterocycles. The molecular formula is C30H62NO4+. The van der Waals surface area contributed by atoms with Gasteiger partial charge in [-0.15, -0.1) is 0 Å². The third-order valence-corrected chi connectivity index (χ3v) is 7.56. The fourth-order valence-electron chi connectivity index (χ4n) is 5.07. The molecule has 210 valence electrons. The summed E-state index contributed by atoms with van der Waals surface area (Å²) in [5.41, 5.74) is 0. The number of likely N-dealkylation sites (N-methyl/N-ethyl adjacent to an activating group) is 1. The van der Waals surface area contributed by atoms with Crippen molar-refractivity contribution in [2.45, 2.75) is 129 Å². The Morgan fingerprint density at radius 3 is 1.51 bits per heavy atom. The van der Waals surface area contributed by atoms with Crippen LogP contribution in [0.25, 0.3) is 0 Å². The smallest absolute Gasteiger partial charge is 0.102 e. The maximum atomic E-state index is 9.97. The lowest BCUT2D eigenvalue weighted by Gasteiger charge is -2.28. The van der Waals surface area contributed by atoms with Gasteiger partial charge in [0.05, 0.1) is 53.2 Å². The number of rotatable bonds is 27. The van der Waals surface area contributed by atoms with Gasteiger partial charge in [-0.2, -0.15) is 0 Å². The van der Waals surface area contributed by atoms with E-state index in [0.29, 0.717) is 26.4 Å². The zero-order chi connectivity index (χ0) is 25.3. The molecule has 1 aliphatic heterocycles. The van der Waals surface area contributed by atoms with Crippen LogP contribution < -0.4 is 0 Å². The lowest BCUT2D eigenvalue weighted by Crippen LogP contribution is -2.43. The summed E-state index contributed by atoms with van der Waals surface area (Å²) in [6, 6.07) is 0. The van der Waals surface area contributed by atoms with Gasteiger partial charge in [-0.05, 0) is 6.42 Å². The van der Waals surface area contributed by atoms with Crippen LogP contribution in [0.4, 0.5) is 0 Å². The summed E-state index contributed by atoms with van der Waals surface area (Å²) in [7, 11) is 2.32. The monoisotopic (exact) mass is 500 g/mol. The van der Waals surface area contributed by atoms with Crippen LogP contribution in [-0.4, -0.2) is 82.0 Å². The Hall–Kier alpha value is -0.200. The molecule has 1 rings (SSSR count). The molecule has 0 aromatic heterocycles. The summed E-state index contributed by atoms with van der Waals surface area (Å²) >= 11 is 0. The van der Waals surface area contributed by atoms with Gasteiger partial charge < -0.3 is 23.8 Å². The Balaban J connectivity index is 1.69. The molecule has 1 saturated heterocycles. The van der Waals surface area contributed by atoms with Gasteiger partial charge in [0.25, 0.3) is 0 Å². The van der Waals surface area contributed by atoms with Crippen molar-refractivity contribution in [3.63, 3.8) is 0 Å². The van der Waals surface area contributed by atoms with E-state index in [4.69, 9.17) is 14.2 Å². The molecule has 0 radical (unpaired) electrons. The number of likely N-dealkylation sites (tertiary alicyclic amines) is 1. The molecule has 0 saturated carbocycles. The van der Waals surface area contributed by atoms with Gasteiger partial charge in [0.15, 0.2) is 0 Å². The number of aliphatic hydroxyl groups is 1. The molecule has 0 bridgehead atoms. The molecule has 0 amide bonds. The van der Waals surface area contributed by atoms with Gasteiger partial charge in [0.1, 0.15) is 12.6 Å². The first kappa shape index (κ1) is 32.8. The molecule has 0 aliphatic carbocycles. The third-order valence-electron chi connectivity index (χ3n) is 7.56. The van der Waals surface area contributed by atoms with Crippen molar-refractivity contribution in [1.82, 2.24) is 0 Å². The predicted molar refractivity (Wildman–Crippen MR) is 148 cm³/mol. The number of quaternary nitrogens is 1. The van der Waals surface area contributed by atoms with Gasteiger partial charge in [-0.3, -0.25) is 0 Å². The summed E-state index contributed by atoms with van der Waals surface area (Å²) in [6.45, 7) is 9.33. The van der Waals surface area contributed by atoms with Crippen LogP contribution in [-0.2, 0) is 14.2 Å². The molecule has 0 aromatic rings. The molecular weight excluding hydrogens is 438 g/mol. The standard InChI is InChI=1S/C30H62NO4/c1-3-4-5-6-7-8-9-10-11-12-13-14-15-16-17-20-24-34-28-30(32)29-35-27-26-33-25-23-31(2)21-18-19-22-31/h30,32H,3-29H2,1-2H3/q+1. The topological polar surface area (TPSA) is 47.9 Å². The van der Waals surface area contributed by atoms with Crippen molar-refractivity contribution in [2.75, 3.05) is 66.3 Å². The molecule has 5 heteroatoms. The number of hydrogen-bond acceptors (Lipinski definition) is 4. The molecule has 1 N–H and O–H groups in total. The van der Waals surface area contributed by atoms with Crippen LogP contribution in [0.3, 0.4) is 0 Å². The highest BCUT2D eigenvalue weighted by Gasteiger charge is 2.25. The van der Waals surface area contributed by atoms with Gasteiger partial charge in [-0.1, -0.05) is 103 Å². The predicted octanol–water partition coefficient (Wildman–Crippen LogP) is 6.90. The molecule has 1 unspecified atom stereocenters. The van der Waals surface area contributed by atoms with E-state index in [9.17, 15) is 5.11 Å². The minimum Gasteiger partial charge on any atom is -0.388 e.